The topological polar surface area (TPSA) is 30.0 Å². The van der Waals surface area contributed by atoms with Crippen molar-refractivity contribution in [1.82, 2.24) is 4.98 Å². The van der Waals surface area contributed by atoms with E-state index in [2.05, 4.69) is 10.4 Å². The minimum absolute atomic E-state index is 0.554. The Morgan fingerprint density at radius 3 is 2.80 bits per heavy atom. The smallest absolute Gasteiger partial charge is 0.0959 e. The third-order valence-electron chi connectivity index (χ3n) is 3.51. The number of aromatic nitrogens is 1. The molecule has 20 heavy (non-hydrogen) atoms. The van der Waals surface area contributed by atoms with Crippen LogP contribution >= 0.6 is 34.3 Å². The number of halogens is 1. The van der Waals surface area contributed by atoms with Crippen molar-refractivity contribution in [1.29, 1.82) is 0 Å². The van der Waals surface area contributed by atoms with Gasteiger partial charge in [-0.1, -0.05) is 24.4 Å². The van der Waals surface area contributed by atoms with Crippen LogP contribution in [-0.4, -0.2) is 9.19 Å². The molecule has 0 N–H and O–H groups in total. The second kappa shape index (κ2) is 6.69. The Hall–Kier alpha value is -0.230. The Kier molecular flexibility index (Phi) is 4.91. The standard InChI is InChI=1S/C14H16ClNOS3/c15-13-6-5-12(19-13)9-20(17)8-11-7-18-14(16-11)10-3-1-2-4-10/h5-7,10H,1-4,8-9H2/t20-/m0/s1. The molecule has 2 heterocycles. The molecule has 1 fully saturated rings. The molecular weight excluding hydrogens is 330 g/mol. The fourth-order valence-corrected chi connectivity index (χ4v) is 6.16. The van der Waals surface area contributed by atoms with E-state index in [4.69, 9.17) is 11.6 Å². The van der Waals surface area contributed by atoms with Crippen LogP contribution in [0, 0.1) is 0 Å². The van der Waals surface area contributed by atoms with E-state index in [1.54, 1.807) is 11.3 Å². The molecule has 1 atom stereocenters. The van der Waals surface area contributed by atoms with Gasteiger partial charge in [0, 0.05) is 27.0 Å². The van der Waals surface area contributed by atoms with Gasteiger partial charge >= 0.3 is 0 Å². The molecule has 6 heteroatoms. The molecule has 1 aliphatic carbocycles. The van der Waals surface area contributed by atoms with Gasteiger partial charge in [0.05, 0.1) is 26.5 Å². The molecule has 1 aliphatic rings. The van der Waals surface area contributed by atoms with E-state index in [0.717, 1.165) is 14.9 Å². The highest BCUT2D eigenvalue weighted by Crippen LogP contribution is 2.35. The van der Waals surface area contributed by atoms with E-state index < -0.39 is 10.8 Å². The molecule has 0 unspecified atom stereocenters. The molecule has 0 radical (unpaired) electrons. The Morgan fingerprint density at radius 2 is 2.10 bits per heavy atom. The molecular formula is C14H16ClNOS3. The molecule has 0 aromatic carbocycles. The van der Waals surface area contributed by atoms with Crippen molar-refractivity contribution in [3.8, 4) is 0 Å². The number of hydrogen-bond acceptors (Lipinski definition) is 4. The van der Waals surface area contributed by atoms with E-state index in [1.165, 1.54) is 42.0 Å². The summed E-state index contributed by atoms with van der Waals surface area (Å²) >= 11 is 9.13. The van der Waals surface area contributed by atoms with Gasteiger partial charge in [-0.05, 0) is 25.0 Å². The summed E-state index contributed by atoms with van der Waals surface area (Å²) in [5.74, 6) is 1.78. The normalized spacial score (nSPS) is 17.6. The Balaban J connectivity index is 1.58. The maximum absolute atomic E-state index is 12.2. The third-order valence-corrected chi connectivity index (χ3v) is 7.24. The van der Waals surface area contributed by atoms with E-state index in [1.807, 2.05) is 12.1 Å². The van der Waals surface area contributed by atoms with Crippen molar-refractivity contribution in [2.45, 2.75) is 43.1 Å². The van der Waals surface area contributed by atoms with Gasteiger partial charge in [0.2, 0.25) is 0 Å². The van der Waals surface area contributed by atoms with E-state index in [0.29, 0.717) is 17.4 Å². The number of hydrogen-bond donors (Lipinski definition) is 0. The van der Waals surface area contributed by atoms with Crippen LogP contribution < -0.4 is 0 Å². The van der Waals surface area contributed by atoms with Gasteiger partial charge in [-0.3, -0.25) is 4.21 Å². The maximum Gasteiger partial charge on any atom is 0.0959 e. The average molecular weight is 346 g/mol. The fourth-order valence-electron chi connectivity index (χ4n) is 2.55. The lowest BCUT2D eigenvalue weighted by molar-refractivity contribution is 0.681. The summed E-state index contributed by atoms with van der Waals surface area (Å²) < 4.78 is 12.9. The molecule has 0 bridgehead atoms. The zero-order valence-electron chi connectivity index (χ0n) is 11.0. The summed E-state index contributed by atoms with van der Waals surface area (Å²) in [4.78, 5) is 5.76. The van der Waals surface area contributed by atoms with Crippen molar-refractivity contribution in [3.63, 3.8) is 0 Å². The minimum Gasteiger partial charge on any atom is -0.259 e. The second-order valence-electron chi connectivity index (χ2n) is 5.09. The summed E-state index contributed by atoms with van der Waals surface area (Å²) in [5.41, 5.74) is 0.984. The maximum atomic E-state index is 12.2. The van der Waals surface area contributed by atoms with E-state index in [-0.39, 0.29) is 0 Å². The monoisotopic (exact) mass is 345 g/mol. The third kappa shape index (κ3) is 3.70. The molecule has 3 rings (SSSR count). The zero-order chi connectivity index (χ0) is 13.9. The Bertz CT molecular complexity index is 601. The lowest BCUT2D eigenvalue weighted by atomic mass is 10.1. The highest BCUT2D eigenvalue weighted by molar-refractivity contribution is 7.83. The summed E-state index contributed by atoms with van der Waals surface area (Å²) in [6.45, 7) is 0. The van der Waals surface area contributed by atoms with Crippen LogP contribution in [0.4, 0.5) is 0 Å². The molecule has 0 aliphatic heterocycles. The molecule has 0 amide bonds. The average Bonchev–Trinajstić information content (AvgIpc) is 3.10. The summed E-state index contributed by atoms with van der Waals surface area (Å²) in [6, 6.07) is 3.82. The summed E-state index contributed by atoms with van der Waals surface area (Å²) in [7, 11) is -0.901. The SMILES string of the molecule is O=[S@@](Cc1csc(C2CCCC2)n1)Cc1ccc(Cl)s1. The van der Waals surface area contributed by atoms with Gasteiger partial charge in [-0.15, -0.1) is 22.7 Å². The van der Waals surface area contributed by atoms with E-state index in [9.17, 15) is 4.21 Å². The molecule has 0 spiro atoms. The summed E-state index contributed by atoms with van der Waals surface area (Å²) in [6.07, 6.45) is 5.18. The van der Waals surface area contributed by atoms with Crippen LogP contribution in [0.2, 0.25) is 4.34 Å². The first-order chi connectivity index (χ1) is 9.70. The van der Waals surface area contributed by atoms with Gasteiger partial charge in [0.15, 0.2) is 0 Å². The highest BCUT2D eigenvalue weighted by atomic mass is 35.5. The van der Waals surface area contributed by atoms with Crippen molar-refractivity contribution >= 4 is 45.1 Å². The first-order valence-electron chi connectivity index (χ1n) is 6.74. The van der Waals surface area contributed by atoms with Crippen LogP contribution in [0.3, 0.4) is 0 Å². The zero-order valence-corrected chi connectivity index (χ0v) is 14.2. The summed E-state index contributed by atoms with van der Waals surface area (Å²) in [5, 5.41) is 3.32. The van der Waals surface area contributed by atoms with Crippen molar-refractivity contribution in [2.75, 3.05) is 0 Å². The van der Waals surface area contributed by atoms with Crippen molar-refractivity contribution in [3.05, 3.63) is 37.4 Å². The minimum atomic E-state index is -0.901. The lowest BCUT2D eigenvalue weighted by Crippen LogP contribution is -1.99. The van der Waals surface area contributed by atoms with Gasteiger partial charge in [0.1, 0.15) is 0 Å². The quantitative estimate of drug-likeness (QED) is 0.766. The molecule has 2 aromatic rings. The second-order valence-corrected chi connectivity index (χ2v) is 9.24. The van der Waals surface area contributed by atoms with Gasteiger partial charge in [0.25, 0.3) is 0 Å². The first kappa shape index (κ1) is 14.7. The van der Waals surface area contributed by atoms with Gasteiger partial charge in [-0.2, -0.15) is 0 Å². The molecule has 1 saturated carbocycles. The van der Waals surface area contributed by atoms with Crippen LogP contribution in [-0.2, 0) is 22.3 Å². The van der Waals surface area contributed by atoms with Crippen LogP contribution in [0.5, 0.6) is 0 Å². The highest BCUT2D eigenvalue weighted by Gasteiger charge is 2.20. The number of nitrogens with zero attached hydrogens (tertiary/aromatic N) is 1. The van der Waals surface area contributed by atoms with Gasteiger partial charge in [-0.25, -0.2) is 4.98 Å². The van der Waals surface area contributed by atoms with Crippen LogP contribution in [0.15, 0.2) is 17.5 Å². The van der Waals surface area contributed by atoms with Crippen molar-refractivity contribution < 1.29 is 4.21 Å². The predicted octanol–water partition coefficient (Wildman–Crippen LogP) is 4.96. The van der Waals surface area contributed by atoms with E-state index >= 15 is 0 Å². The van der Waals surface area contributed by atoms with Crippen LogP contribution in [0.1, 0.15) is 47.2 Å². The molecule has 2 aromatic heterocycles. The first-order valence-corrected chi connectivity index (χ1v) is 10.3. The Morgan fingerprint density at radius 1 is 1.30 bits per heavy atom. The molecule has 108 valence electrons. The number of thiophene rings is 1. The molecule has 2 nitrogen and oxygen atoms in total. The fraction of sp³-hybridized carbons (Fsp3) is 0.500. The van der Waals surface area contributed by atoms with Crippen LogP contribution in [0.25, 0.3) is 0 Å². The van der Waals surface area contributed by atoms with Gasteiger partial charge < -0.3 is 0 Å². The number of thiazole rings is 1. The Labute approximate surface area is 134 Å². The number of rotatable bonds is 5. The largest absolute Gasteiger partial charge is 0.259 e. The van der Waals surface area contributed by atoms with Crippen molar-refractivity contribution in [2.24, 2.45) is 0 Å². The lowest BCUT2D eigenvalue weighted by Gasteiger charge is -2.02. The predicted molar refractivity (Wildman–Crippen MR) is 88.2 cm³/mol. The molecule has 0 saturated heterocycles.